The molecule has 0 aromatic carbocycles. The summed E-state index contributed by atoms with van der Waals surface area (Å²) in [7, 11) is 0. The Labute approximate surface area is 122 Å². The molecule has 1 amide bonds. The molecule has 0 saturated carbocycles. The fourth-order valence-electron chi connectivity index (χ4n) is 2.10. The lowest BCUT2D eigenvalue weighted by Crippen LogP contribution is -2.33. The number of hydrogen-bond donors (Lipinski definition) is 0. The third kappa shape index (κ3) is 3.73. The average molecular weight is 301 g/mol. The van der Waals surface area contributed by atoms with Gasteiger partial charge in [-0.25, -0.2) is 9.97 Å². The zero-order valence-corrected chi connectivity index (χ0v) is 12.7. The van der Waals surface area contributed by atoms with Gasteiger partial charge in [0.1, 0.15) is 11.0 Å². The third-order valence-electron chi connectivity index (χ3n) is 3.11. The predicted molar refractivity (Wildman–Crippen MR) is 77.9 cm³/mol. The molecule has 1 aliphatic rings. The van der Waals surface area contributed by atoms with Crippen LogP contribution in [0.3, 0.4) is 0 Å². The molecule has 1 fully saturated rings. The van der Waals surface area contributed by atoms with Gasteiger partial charge in [-0.3, -0.25) is 4.79 Å². The predicted octanol–water partition coefficient (Wildman–Crippen LogP) is 1.91. The van der Waals surface area contributed by atoms with E-state index in [0.29, 0.717) is 10.3 Å². The standard InChI is InChI=1S/C12H17ClN4OS/c1-9(18)16-4-3-5-17(7-6-16)11-8-10(13)14-12(15-11)19-2/h8H,3-7H2,1-2H3. The Morgan fingerprint density at radius 1 is 1.32 bits per heavy atom. The molecular weight excluding hydrogens is 284 g/mol. The van der Waals surface area contributed by atoms with Crippen molar-refractivity contribution in [3.05, 3.63) is 11.2 Å². The van der Waals surface area contributed by atoms with Crippen molar-refractivity contribution in [1.29, 1.82) is 0 Å². The lowest BCUT2D eigenvalue weighted by atomic mass is 10.4. The van der Waals surface area contributed by atoms with Crippen LogP contribution in [0.25, 0.3) is 0 Å². The Hall–Kier alpha value is -1.01. The number of aromatic nitrogens is 2. The van der Waals surface area contributed by atoms with Gasteiger partial charge in [-0.1, -0.05) is 23.4 Å². The molecule has 0 N–H and O–H groups in total. The van der Waals surface area contributed by atoms with Crippen LogP contribution in [0.5, 0.6) is 0 Å². The summed E-state index contributed by atoms with van der Waals surface area (Å²) in [5, 5.41) is 1.14. The highest BCUT2D eigenvalue weighted by molar-refractivity contribution is 7.98. The summed E-state index contributed by atoms with van der Waals surface area (Å²) in [5.74, 6) is 0.974. The maximum atomic E-state index is 11.4. The number of carbonyl (C=O) groups excluding carboxylic acids is 1. The molecule has 1 aliphatic heterocycles. The topological polar surface area (TPSA) is 49.3 Å². The van der Waals surface area contributed by atoms with E-state index >= 15 is 0 Å². The van der Waals surface area contributed by atoms with E-state index in [2.05, 4.69) is 14.9 Å². The van der Waals surface area contributed by atoms with E-state index in [4.69, 9.17) is 11.6 Å². The van der Waals surface area contributed by atoms with Crippen LogP contribution in [0.1, 0.15) is 13.3 Å². The first-order valence-corrected chi connectivity index (χ1v) is 7.79. The second-order valence-electron chi connectivity index (χ2n) is 4.38. The van der Waals surface area contributed by atoms with Gasteiger partial charge in [-0.15, -0.1) is 0 Å². The molecule has 0 radical (unpaired) electrons. The summed E-state index contributed by atoms with van der Waals surface area (Å²) in [6, 6.07) is 1.78. The number of rotatable bonds is 2. The highest BCUT2D eigenvalue weighted by Crippen LogP contribution is 2.21. The number of hydrogen-bond acceptors (Lipinski definition) is 5. The Balaban J connectivity index is 2.13. The molecule has 2 rings (SSSR count). The highest BCUT2D eigenvalue weighted by atomic mass is 35.5. The summed E-state index contributed by atoms with van der Waals surface area (Å²) < 4.78 is 0. The SMILES string of the molecule is CSc1nc(Cl)cc(N2CCCN(C(C)=O)CC2)n1. The Bertz CT molecular complexity index is 471. The van der Waals surface area contributed by atoms with E-state index in [1.165, 1.54) is 11.8 Å². The van der Waals surface area contributed by atoms with Gasteiger partial charge in [0.15, 0.2) is 5.16 Å². The van der Waals surface area contributed by atoms with Crippen LogP contribution in [0, 0.1) is 0 Å². The van der Waals surface area contributed by atoms with Gasteiger partial charge in [0.05, 0.1) is 0 Å². The average Bonchev–Trinajstić information content (AvgIpc) is 2.63. The molecule has 1 saturated heterocycles. The van der Waals surface area contributed by atoms with E-state index in [9.17, 15) is 4.79 Å². The fourth-order valence-corrected chi connectivity index (χ4v) is 2.70. The van der Waals surface area contributed by atoms with Crippen molar-refractivity contribution in [3.8, 4) is 0 Å². The number of thioether (sulfide) groups is 1. The lowest BCUT2D eigenvalue weighted by Gasteiger charge is -2.22. The molecule has 7 heteroatoms. The van der Waals surface area contributed by atoms with Gasteiger partial charge >= 0.3 is 0 Å². The van der Waals surface area contributed by atoms with Crippen molar-refractivity contribution in [1.82, 2.24) is 14.9 Å². The van der Waals surface area contributed by atoms with Crippen LogP contribution < -0.4 is 4.90 Å². The van der Waals surface area contributed by atoms with Gasteiger partial charge in [0.2, 0.25) is 5.91 Å². The first-order chi connectivity index (χ1) is 9.10. The van der Waals surface area contributed by atoms with E-state index in [1.54, 1.807) is 13.0 Å². The summed E-state index contributed by atoms with van der Waals surface area (Å²) in [6.07, 6.45) is 2.87. The number of amides is 1. The minimum Gasteiger partial charge on any atom is -0.355 e. The fraction of sp³-hybridized carbons (Fsp3) is 0.583. The van der Waals surface area contributed by atoms with E-state index in [-0.39, 0.29) is 5.91 Å². The molecule has 19 heavy (non-hydrogen) atoms. The number of nitrogens with zero attached hydrogens (tertiary/aromatic N) is 4. The summed E-state index contributed by atoms with van der Waals surface area (Å²) in [4.78, 5) is 24.1. The maximum Gasteiger partial charge on any atom is 0.219 e. The van der Waals surface area contributed by atoms with E-state index in [1.807, 2.05) is 11.2 Å². The Kier molecular flexibility index (Phi) is 4.87. The highest BCUT2D eigenvalue weighted by Gasteiger charge is 2.18. The van der Waals surface area contributed by atoms with Gasteiger partial charge in [-0.2, -0.15) is 0 Å². The van der Waals surface area contributed by atoms with E-state index in [0.717, 1.165) is 38.4 Å². The van der Waals surface area contributed by atoms with Gasteiger partial charge in [0.25, 0.3) is 0 Å². The minimum absolute atomic E-state index is 0.132. The lowest BCUT2D eigenvalue weighted by molar-refractivity contribution is -0.128. The maximum absolute atomic E-state index is 11.4. The summed E-state index contributed by atoms with van der Waals surface area (Å²) in [6.45, 7) is 4.81. The minimum atomic E-state index is 0.132. The number of halogens is 1. The molecule has 0 unspecified atom stereocenters. The van der Waals surface area contributed by atoms with Gasteiger partial charge in [0, 0.05) is 39.2 Å². The van der Waals surface area contributed by atoms with Crippen molar-refractivity contribution in [2.45, 2.75) is 18.5 Å². The van der Waals surface area contributed by atoms with Crippen LogP contribution in [0.15, 0.2) is 11.2 Å². The quantitative estimate of drug-likeness (QED) is 0.474. The van der Waals surface area contributed by atoms with Crippen LogP contribution in [-0.2, 0) is 4.79 Å². The zero-order valence-electron chi connectivity index (χ0n) is 11.1. The first-order valence-electron chi connectivity index (χ1n) is 6.19. The summed E-state index contributed by atoms with van der Waals surface area (Å²) in [5.41, 5.74) is 0. The molecule has 1 aromatic heterocycles. The van der Waals surface area contributed by atoms with Crippen molar-refractivity contribution >= 4 is 35.1 Å². The van der Waals surface area contributed by atoms with Crippen LogP contribution in [0.4, 0.5) is 5.82 Å². The second kappa shape index (κ2) is 6.43. The largest absolute Gasteiger partial charge is 0.355 e. The molecule has 0 atom stereocenters. The normalized spacial score (nSPS) is 16.4. The van der Waals surface area contributed by atoms with Crippen molar-refractivity contribution in [2.24, 2.45) is 0 Å². The molecule has 0 spiro atoms. The number of carbonyl (C=O) groups is 1. The molecule has 0 bridgehead atoms. The molecular formula is C12H17ClN4OS. The smallest absolute Gasteiger partial charge is 0.219 e. The molecule has 5 nitrogen and oxygen atoms in total. The molecule has 1 aromatic rings. The zero-order chi connectivity index (χ0) is 13.8. The molecule has 2 heterocycles. The summed E-state index contributed by atoms with van der Waals surface area (Å²) >= 11 is 7.49. The van der Waals surface area contributed by atoms with Crippen molar-refractivity contribution in [2.75, 3.05) is 37.3 Å². The van der Waals surface area contributed by atoms with Crippen molar-refractivity contribution < 1.29 is 4.79 Å². The van der Waals surface area contributed by atoms with Crippen molar-refractivity contribution in [3.63, 3.8) is 0 Å². The van der Waals surface area contributed by atoms with E-state index < -0.39 is 0 Å². The van der Waals surface area contributed by atoms with Crippen LogP contribution >= 0.6 is 23.4 Å². The van der Waals surface area contributed by atoms with Crippen LogP contribution in [0.2, 0.25) is 5.15 Å². The second-order valence-corrected chi connectivity index (χ2v) is 5.54. The Morgan fingerprint density at radius 2 is 2.11 bits per heavy atom. The molecule has 0 aliphatic carbocycles. The first kappa shape index (κ1) is 14.4. The number of anilines is 1. The monoisotopic (exact) mass is 300 g/mol. The Morgan fingerprint density at radius 3 is 2.79 bits per heavy atom. The van der Waals surface area contributed by atoms with Gasteiger partial charge < -0.3 is 9.80 Å². The third-order valence-corrected chi connectivity index (χ3v) is 3.85. The molecule has 104 valence electrons. The van der Waals surface area contributed by atoms with Crippen LogP contribution in [-0.4, -0.2) is 53.2 Å². The van der Waals surface area contributed by atoms with Gasteiger partial charge in [-0.05, 0) is 12.7 Å².